The number of aromatic nitrogens is 2. The molecule has 0 aliphatic carbocycles. The van der Waals surface area contributed by atoms with Gasteiger partial charge in [-0.15, -0.1) is 11.3 Å². The summed E-state index contributed by atoms with van der Waals surface area (Å²) < 4.78 is 54.7. The van der Waals surface area contributed by atoms with Crippen molar-refractivity contribution in [1.82, 2.24) is 20.2 Å². The molecule has 3 aromatic carbocycles. The third kappa shape index (κ3) is 7.03. The second kappa shape index (κ2) is 13.9. The molecule has 0 bridgehead atoms. The molecule has 2 aliphatic rings. The zero-order valence-corrected chi connectivity index (χ0v) is 27.3. The molecule has 1 saturated heterocycles. The van der Waals surface area contributed by atoms with Gasteiger partial charge in [-0.25, -0.2) is 4.98 Å². The molecule has 4 heterocycles. The van der Waals surface area contributed by atoms with Crippen LogP contribution in [0.15, 0.2) is 79.1 Å². The van der Waals surface area contributed by atoms with E-state index in [0.29, 0.717) is 54.1 Å². The fourth-order valence-corrected chi connectivity index (χ4v) is 7.10. The maximum atomic E-state index is 14.1. The van der Waals surface area contributed by atoms with E-state index in [0.717, 1.165) is 22.0 Å². The predicted molar refractivity (Wildman–Crippen MR) is 181 cm³/mol. The first kappa shape index (κ1) is 33.2. The maximum absolute atomic E-state index is 14.1. The second-order valence-electron chi connectivity index (χ2n) is 11.8. The van der Waals surface area contributed by atoms with Gasteiger partial charge in [0.05, 0.1) is 29.0 Å². The molecule has 5 aromatic rings. The fraction of sp³-hybridized carbons (Fsp3) is 0.250. The number of alkyl halides is 3. The molecule has 1 atom stereocenters. The van der Waals surface area contributed by atoms with Crippen molar-refractivity contribution in [3.8, 4) is 27.4 Å². The molecular weight excluding hydrogens is 671 g/mol. The summed E-state index contributed by atoms with van der Waals surface area (Å²) in [5.74, 6) is -0.447. The average molecular weight is 702 g/mol. The van der Waals surface area contributed by atoms with Crippen LogP contribution >= 0.6 is 11.3 Å². The Morgan fingerprint density at radius 2 is 1.82 bits per heavy atom. The molecule has 0 saturated carbocycles. The zero-order chi connectivity index (χ0) is 34.8. The van der Waals surface area contributed by atoms with Gasteiger partial charge in [0.2, 0.25) is 11.8 Å². The zero-order valence-electron chi connectivity index (χ0n) is 26.5. The highest BCUT2D eigenvalue weighted by atomic mass is 32.1. The van der Waals surface area contributed by atoms with Gasteiger partial charge in [-0.05, 0) is 66.1 Å². The van der Waals surface area contributed by atoms with Crippen molar-refractivity contribution >= 4 is 45.0 Å². The highest BCUT2D eigenvalue weighted by Gasteiger charge is 2.39. The number of thiazole rings is 1. The SMILES string of the molecule is O=C1CCC(N2Cc3cc(OCCOCCNc4ccc5nc(-c6ccc(-c7cccnc7)cc6C(F)(F)F)sc5c4)ccc3C2=O)C(=O)N1. The van der Waals surface area contributed by atoms with Gasteiger partial charge in [0.25, 0.3) is 5.91 Å². The van der Waals surface area contributed by atoms with Gasteiger partial charge in [0, 0.05) is 54.3 Å². The quantitative estimate of drug-likeness (QED) is 0.121. The van der Waals surface area contributed by atoms with Gasteiger partial charge in [0.15, 0.2) is 0 Å². The van der Waals surface area contributed by atoms with Gasteiger partial charge < -0.3 is 19.7 Å². The average Bonchev–Trinajstić information content (AvgIpc) is 3.67. The summed E-state index contributed by atoms with van der Waals surface area (Å²) in [5, 5.41) is 5.85. The maximum Gasteiger partial charge on any atom is 0.417 e. The number of carbonyl (C=O) groups is 3. The van der Waals surface area contributed by atoms with Crippen LogP contribution < -0.4 is 15.4 Å². The van der Waals surface area contributed by atoms with Gasteiger partial charge in [-0.1, -0.05) is 18.2 Å². The van der Waals surface area contributed by atoms with E-state index < -0.39 is 23.7 Å². The molecule has 2 N–H and O–H groups in total. The van der Waals surface area contributed by atoms with Crippen molar-refractivity contribution in [2.45, 2.75) is 31.6 Å². The lowest BCUT2D eigenvalue weighted by Crippen LogP contribution is -2.52. The number of piperidine rings is 1. The number of carbonyl (C=O) groups excluding carboxylic acids is 3. The Bertz CT molecular complexity index is 2090. The van der Waals surface area contributed by atoms with E-state index >= 15 is 0 Å². The topological polar surface area (TPSA) is 123 Å². The number of rotatable bonds is 11. The summed E-state index contributed by atoms with van der Waals surface area (Å²) in [4.78, 5) is 46.6. The van der Waals surface area contributed by atoms with Gasteiger partial charge >= 0.3 is 6.18 Å². The van der Waals surface area contributed by atoms with Crippen LogP contribution in [0.25, 0.3) is 31.9 Å². The molecule has 7 rings (SSSR count). The van der Waals surface area contributed by atoms with Crippen LogP contribution in [-0.4, -0.2) is 65.0 Å². The van der Waals surface area contributed by atoms with E-state index in [2.05, 4.69) is 20.6 Å². The molecule has 0 spiro atoms. The Morgan fingerprint density at radius 3 is 2.62 bits per heavy atom. The lowest BCUT2D eigenvalue weighted by atomic mass is 10.00. The van der Waals surface area contributed by atoms with Crippen molar-refractivity contribution < 1.29 is 37.0 Å². The molecule has 3 amide bonds. The van der Waals surface area contributed by atoms with Gasteiger partial charge in [0.1, 0.15) is 23.4 Å². The van der Waals surface area contributed by atoms with Crippen molar-refractivity contribution in [1.29, 1.82) is 0 Å². The molecular formula is C36H30F3N5O5S. The molecule has 0 radical (unpaired) electrons. The Labute approximate surface area is 288 Å². The summed E-state index contributed by atoms with van der Waals surface area (Å²) in [5.41, 5.74) is 2.96. The summed E-state index contributed by atoms with van der Waals surface area (Å²) in [7, 11) is 0. The summed E-state index contributed by atoms with van der Waals surface area (Å²) in [6.07, 6.45) is -0.964. The first-order chi connectivity index (χ1) is 24.1. The number of fused-ring (bicyclic) bond motifs is 2. The third-order valence-electron chi connectivity index (χ3n) is 8.51. The minimum atomic E-state index is -4.56. The molecule has 2 aliphatic heterocycles. The number of ether oxygens (including phenoxy) is 2. The van der Waals surface area contributed by atoms with Crippen LogP contribution in [-0.2, 0) is 27.0 Å². The number of nitrogens with zero attached hydrogens (tertiary/aromatic N) is 3. The minimum absolute atomic E-state index is 0.0269. The van der Waals surface area contributed by atoms with E-state index in [1.807, 2.05) is 12.1 Å². The molecule has 1 unspecified atom stereocenters. The highest BCUT2D eigenvalue weighted by Crippen LogP contribution is 2.42. The Kier molecular flexibility index (Phi) is 9.21. The number of amides is 3. The number of benzene rings is 3. The van der Waals surface area contributed by atoms with E-state index in [1.165, 1.54) is 28.5 Å². The molecule has 1 fully saturated rings. The van der Waals surface area contributed by atoms with E-state index in [4.69, 9.17) is 9.47 Å². The Balaban J connectivity index is 0.897. The minimum Gasteiger partial charge on any atom is -0.491 e. The third-order valence-corrected chi connectivity index (χ3v) is 9.56. The highest BCUT2D eigenvalue weighted by molar-refractivity contribution is 7.21. The van der Waals surface area contributed by atoms with Gasteiger partial charge in [-0.2, -0.15) is 13.2 Å². The molecule has 2 aromatic heterocycles. The number of halogens is 3. The van der Waals surface area contributed by atoms with Crippen LogP contribution in [0.1, 0.15) is 34.3 Å². The first-order valence-electron chi connectivity index (χ1n) is 15.9. The molecule has 256 valence electrons. The summed E-state index contributed by atoms with van der Waals surface area (Å²) in [6, 6.07) is 17.6. The van der Waals surface area contributed by atoms with Crippen LogP contribution in [0.2, 0.25) is 0 Å². The number of hydrogen-bond acceptors (Lipinski definition) is 9. The van der Waals surface area contributed by atoms with E-state index in [9.17, 15) is 27.6 Å². The van der Waals surface area contributed by atoms with Crippen molar-refractivity contribution in [2.24, 2.45) is 0 Å². The fourth-order valence-electron chi connectivity index (χ4n) is 6.06. The Morgan fingerprint density at radius 1 is 0.960 bits per heavy atom. The van der Waals surface area contributed by atoms with Crippen LogP contribution in [0.4, 0.5) is 18.9 Å². The largest absolute Gasteiger partial charge is 0.491 e. The molecule has 14 heteroatoms. The number of anilines is 1. The van der Waals surface area contributed by atoms with E-state index in [1.54, 1.807) is 48.7 Å². The Hall–Kier alpha value is -5.34. The van der Waals surface area contributed by atoms with E-state index in [-0.39, 0.29) is 42.0 Å². The smallest absolute Gasteiger partial charge is 0.417 e. The molecule has 50 heavy (non-hydrogen) atoms. The van der Waals surface area contributed by atoms with Gasteiger partial charge in [-0.3, -0.25) is 24.7 Å². The standard InChI is InChI=1S/C36H30F3N5O5S/c37-36(38,39)28-17-21(22-2-1-11-40-19-22)3-6-27(28)34-42-29-8-4-24(18-31(29)50-34)41-12-13-48-14-15-49-25-5-7-26-23(16-25)20-44(35(26)47)30-9-10-32(45)43-33(30)46/h1-8,11,16-19,30,41H,9-10,12-15,20H2,(H,43,45,46). The lowest BCUT2D eigenvalue weighted by Gasteiger charge is -2.29. The number of nitrogens with one attached hydrogen (secondary N) is 2. The molecule has 10 nitrogen and oxygen atoms in total. The predicted octanol–water partition coefficient (Wildman–Crippen LogP) is 6.31. The van der Waals surface area contributed by atoms with Crippen molar-refractivity contribution in [3.05, 3.63) is 95.8 Å². The van der Waals surface area contributed by atoms with Crippen LogP contribution in [0.3, 0.4) is 0 Å². The van der Waals surface area contributed by atoms with Crippen LogP contribution in [0, 0.1) is 0 Å². The monoisotopic (exact) mass is 701 g/mol. The van der Waals surface area contributed by atoms with Crippen LogP contribution in [0.5, 0.6) is 5.75 Å². The van der Waals surface area contributed by atoms with Crippen molar-refractivity contribution in [2.75, 3.05) is 31.7 Å². The number of pyridine rings is 1. The summed E-state index contributed by atoms with van der Waals surface area (Å²) in [6.45, 7) is 1.74. The second-order valence-corrected chi connectivity index (χ2v) is 12.8. The lowest BCUT2D eigenvalue weighted by molar-refractivity contribution is -0.138. The normalized spacial score (nSPS) is 16.1. The number of hydrogen-bond donors (Lipinski definition) is 2. The summed E-state index contributed by atoms with van der Waals surface area (Å²) >= 11 is 1.20. The number of imide groups is 1. The van der Waals surface area contributed by atoms with Crippen molar-refractivity contribution in [3.63, 3.8) is 0 Å². The first-order valence-corrected chi connectivity index (χ1v) is 16.7.